The van der Waals surface area contributed by atoms with Crippen LogP contribution < -0.4 is 5.32 Å². The number of benzene rings is 1. The van der Waals surface area contributed by atoms with E-state index in [0.717, 1.165) is 47.0 Å². The van der Waals surface area contributed by atoms with Crippen molar-refractivity contribution in [1.29, 1.82) is 0 Å². The number of methoxy groups -OCH3 is 1. The maximum Gasteiger partial charge on any atom is 0.341 e. The van der Waals surface area contributed by atoms with Crippen LogP contribution in [0.15, 0.2) is 42.5 Å². The Bertz CT molecular complexity index is 1410. The van der Waals surface area contributed by atoms with Gasteiger partial charge in [-0.1, -0.05) is 43.1 Å². The van der Waals surface area contributed by atoms with E-state index in [0.29, 0.717) is 32.1 Å². The van der Waals surface area contributed by atoms with Gasteiger partial charge in [0.2, 0.25) is 0 Å². The highest BCUT2D eigenvalue weighted by Crippen LogP contribution is 2.41. The largest absolute Gasteiger partial charge is 0.465 e. The number of carbonyl (C=O) groups is 2. The van der Waals surface area contributed by atoms with Crippen molar-refractivity contribution in [3.8, 4) is 10.6 Å². The van der Waals surface area contributed by atoms with Gasteiger partial charge in [0.15, 0.2) is 0 Å². The van der Waals surface area contributed by atoms with Gasteiger partial charge in [0.25, 0.3) is 5.91 Å². The molecule has 1 aromatic carbocycles. The van der Waals surface area contributed by atoms with Crippen molar-refractivity contribution in [2.75, 3.05) is 12.4 Å². The van der Waals surface area contributed by atoms with Crippen molar-refractivity contribution in [3.63, 3.8) is 0 Å². The summed E-state index contributed by atoms with van der Waals surface area (Å²) in [5, 5.41) is 4.34. The molecule has 0 fully saturated rings. The van der Waals surface area contributed by atoms with Crippen LogP contribution >= 0.6 is 34.3 Å². The first-order chi connectivity index (χ1) is 16.5. The van der Waals surface area contributed by atoms with Gasteiger partial charge in [-0.2, -0.15) is 0 Å². The number of fused-ring (bicyclic) bond motifs is 2. The fourth-order valence-corrected chi connectivity index (χ4v) is 6.87. The topological polar surface area (TPSA) is 68.3 Å². The van der Waals surface area contributed by atoms with Crippen molar-refractivity contribution in [1.82, 2.24) is 4.98 Å². The number of hydrogen-bond donors (Lipinski definition) is 1. The molecular weight excluding hydrogens is 488 g/mol. The van der Waals surface area contributed by atoms with Crippen LogP contribution in [0.4, 0.5) is 5.00 Å². The standard InChI is InChI=1S/C26H23ClN2O3S2/c1-3-14-8-9-16-21(12-14)34-25(23(16)26(31)32-2)29-24(30)17-13-19(20-10-11-22(27)33-20)28-18-7-5-4-6-15(17)18/h4-7,10-11,13-14H,3,8-9,12H2,1-2H3,(H,29,30). The molecule has 0 spiro atoms. The molecule has 3 heterocycles. The number of carbonyl (C=O) groups excluding carboxylic acids is 2. The van der Waals surface area contributed by atoms with Gasteiger partial charge in [0.05, 0.1) is 38.7 Å². The lowest BCUT2D eigenvalue weighted by Crippen LogP contribution is -2.17. The van der Waals surface area contributed by atoms with Gasteiger partial charge in [0.1, 0.15) is 5.00 Å². The SMILES string of the molecule is CCC1CCc2c(sc(NC(=O)c3cc(-c4ccc(Cl)s4)nc4ccccc34)c2C(=O)OC)C1. The first kappa shape index (κ1) is 23.0. The number of para-hydroxylation sites is 1. The van der Waals surface area contributed by atoms with Gasteiger partial charge in [-0.05, 0) is 55.0 Å². The minimum absolute atomic E-state index is 0.279. The lowest BCUT2D eigenvalue weighted by atomic mass is 9.85. The molecule has 0 saturated carbocycles. The summed E-state index contributed by atoms with van der Waals surface area (Å²) in [6.07, 6.45) is 3.90. The van der Waals surface area contributed by atoms with Crippen molar-refractivity contribution in [3.05, 3.63) is 68.4 Å². The zero-order valence-corrected chi connectivity index (χ0v) is 21.2. The van der Waals surface area contributed by atoms with Crippen molar-refractivity contribution in [2.24, 2.45) is 5.92 Å². The van der Waals surface area contributed by atoms with Gasteiger partial charge < -0.3 is 10.1 Å². The number of pyridine rings is 1. The van der Waals surface area contributed by atoms with Crippen LogP contribution in [0.25, 0.3) is 21.5 Å². The number of anilines is 1. The van der Waals surface area contributed by atoms with Crippen LogP contribution in [0.1, 0.15) is 50.9 Å². The predicted molar refractivity (Wildman–Crippen MR) is 139 cm³/mol. The number of nitrogens with one attached hydrogen (secondary N) is 1. The summed E-state index contributed by atoms with van der Waals surface area (Å²) in [6, 6.07) is 13.1. The van der Waals surface area contributed by atoms with Gasteiger partial charge in [-0.3, -0.25) is 4.79 Å². The molecular formula is C26H23ClN2O3S2. The number of nitrogens with zero attached hydrogens (tertiary/aromatic N) is 1. The zero-order chi connectivity index (χ0) is 23.8. The van der Waals surface area contributed by atoms with Crippen LogP contribution in [-0.2, 0) is 17.6 Å². The molecule has 3 aromatic heterocycles. The fraction of sp³-hybridized carbons (Fsp3) is 0.269. The lowest BCUT2D eigenvalue weighted by Gasteiger charge is -2.20. The first-order valence-corrected chi connectivity index (χ1v) is 13.2. The summed E-state index contributed by atoms with van der Waals surface area (Å²) < 4.78 is 5.75. The maximum atomic E-state index is 13.6. The number of halogens is 1. The van der Waals surface area contributed by atoms with Gasteiger partial charge in [-0.15, -0.1) is 22.7 Å². The molecule has 174 valence electrons. The van der Waals surface area contributed by atoms with Crippen molar-refractivity contribution in [2.45, 2.75) is 32.6 Å². The summed E-state index contributed by atoms with van der Waals surface area (Å²) in [5.41, 5.74) is 3.42. The Morgan fingerprint density at radius 3 is 2.76 bits per heavy atom. The monoisotopic (exact) mass is 510 g/mol. The lowest BCUT2D eigenvalue weighted by molar-refractivity contribution is 0.0601. The van der Waals surface area contributed by atoms with E-state index < -0.39 is 5.97 Å². The number of aromatic nitrogens is 1. The number of ether oxygens (including phenoxy) is 1. The quantitative estimate of drug-likeness (QED) is 0.287. The fourth-order valence-electron chi connectivity index (χ4n) is 4.52. The van der Waals surface area contributed by atoms with E-state index in [1.54, 1.807) is 6.07 Å². The summed E-state index contributed by atoms with van der Waals surface area (Å²) in [6.45, 7) is 2.19. The summed E-state index contributed by atoms with van der Waals surface area (Å²) in [5.74, 6) is -0.0842. The molecule has 0 radical (unpaired) electrons. The number of rotatable bonds is 5. The van der Waals surface area contributed by atoms with E-state index in [-0.39, 0.29) is 5.91 Å². The van der Waals surface area contributed by atoms with Crippen LogP contribution in [0.3, 0.4) is 0 Å². The van der Waals surface area contributed by atoms with Crippen molar-refractivity contribution < 1.29 is 14.3 Å². The molecule has 1 aliphatic carbocycles. The molecule has 5 nitrogen and oxygen atoms in total. The molecule has 34 heavy (non-hydrogen) atoms. The molecule has 0 saturated heterocycles. The van der Waals surface area contributed by atoms with Crippen LogP contribution in [0.5, 0.6) is 0 Å². The highest BCUT2D eigenvalue weighted by atomic mass is 35.5. The minimum atomic E-state index is -0.406. The van der Waals surface area contributed by atoms with E-state index in [4.69, 9.17) is 21.3 Å². The third-order valence-electron chi connectivity index (χ3n) is 6.35. The van der Waals surface area contributed by atoms with E-state index in [1.807, 2.05) is 36.4 Å². The Kier molecular flexibility index (Phi) is 6.42. The average Bonchev–Trinajstić information content (AvgIpc) is 3.45. The third-order valence-corrected chi connectivity index (χ3v) is 8.77. The Hall–Kier alpha value is -2.74. The molecule has 1 unspecified atom stereocenters. The Morgan fingerprint density at radius 2 is 2.03 bits per heavy atom. The molecule has 0 aliphatic heterocycles. The summed E-state index contributed by atoms with van der Waals surface area (Å²) in [4.78, 5) is 33.1. The van der Waals surface area contributed by atoms with E-state index in [1.165, 1.54) is 34.7 Å². The van der Waals surface area contributed by atoms with E-state index in [9.17, 15) is 9.59 Å². The third kappa shape index (κ3) is 4.24. The average molecular weight is 511 g/mol. The molecule has 5 rings (SSSR count). The number of hydrogen-bond acceptors (Lipinski definition) is 6. The molecule has 4 aromatic rings. The Morgan fingerprint density at radius 1 is 1.21 bits per heavy atom. The maximum absolute atomic E-state index is 13.6. The minimum Gasteiger partial charge on any atom is -0.465 e. The van der Waals surface area contributed by atoms with E-state index in [2.05, 4.69) is 12.2 Å². The van der Waals surface area contributed by atoms with Gasteiger partial charge in [-0.25, -0.2) is 9.78 Å². The zero-order valence-electron chi connectivity index (χ0n) is 18.8. The Labute approximate surface area is 210 Å². The number of amides is 1. The molecule has 1 amide bonds. The second-order valence-corrected chi connectivity index (χ2v) is 11.2. The number of thiophene rings is 2. The molecule has 8 heteroatoms. The van der Waals surface area contributed by atoms with Gasteiger partial charge >= 0.3 is 5.97 Å². The second-order valence-electron chi connectivity index (χ2n) is 8.35. The number of esters is 1. The highest BCUT2D eigenvalue weighted by molar-refractivity contribution is 7.19. The van der Waals surface area contributed by atoms with Crippen LogP contribution in [0.2, 0.25) is 4.34 Å². The summed E-state index contributed by atoms with van der Waals surface area (Å²) >= 11 is 9.05. The van der Waals surface area contributed by atoms with E-state index >= 15 is 0 Å². The summed E-state index contributed by atoms with van der Waals surface area (Å²) in [7, 11) is 1.38. The molecule has 0 bridgehead atoms. The van der Waals surface area contributed by atoms with Crippen molar-refractivity contribution >= 4 is 62.1 Å². The highest BCUT2D eigenvalue weighted by Gasteiger charge is 2.30. The Balaban J connectivity index is 1.57. The predicted octanol–water partition coefficient (Wildman–Crippen LogP) is 7.23. The van der Waals surface area contributed by atoms with Crippen LogP contribution in [0, 0.1) is 5.92 Å². The normalized spacial score (nSPS) is 15.2. The molecule has 1 atom stereocenters. The molecule has 1 N–H and O–H groups in total. The van der Waals surface area contributed by atoms with Crippen LogP contribution in [-0.4, -0.2) is 24.0 Å². The second kappa shape index (κ2) is 9.49. The molecule has 1 aliphatic rings. The van der Waals surface area contributed by atoms with Gasteiger partial charge in [0, 0.05) is 10.3 Å². The smallest absolute Gasteiger partial charge is 0.341 e. The first-order valence-electron chi connectivity index (χ1n) is 11.2.